The van der Waals surface area contributed by atoms with Gasteiger partial charge in [-0.3, -0.25) is 4.79 Å². The second-order valence-electron chi connectivity index (χ2n) is 5.00. The Balaban J connectivity index is 1.92. The van der Waals surface area contributed by atoms with Crippen molar-refractivity contribution in [2.45, 2.75) is 6.92 Å². The number of hydrogen-bond acceptors (Lipinski definition) is 5. The summed E-state index contributed by atoms with van der Waals surface area (Å²) in [6, 6.07) is 14.2. The number of hydrazone groups is 1. The highest BCUT2D eigenvalue weighted by Gasteiger charge is 2.03. The molecule has 0 saturated heterocycles. The summed E-state index contributed by atoms with van der Waals surface area (Å²) >= 11 is 0. The Morgan fingerprint density at radius 3 is 2.62 bits per heavy atom. The molecular formula is C18H18N2O4. The number of aryl methyl sites for hydroxylation is 1. The molecule has 24 heavy (non-hydrogen) atoms. The van der Waals surface area contributed by atoms with Gasteiger partial charge in [0.05, 0.1) is 13.3 Å². The van der Waals surface area contributed by atoms with Gasteiger partial charge in [0.2, 0.25) is 0 Å². The number of nitrogens with one attached hydrogen (secondary N) is 1. The zero-order valence-corrected chi connectivity index (χ0v) is 13.5. The van der Waals surface area contributed by atoms with Crippen LogP contribution in [0.2, 0.25) is 0 Å². The van der Waals surface area contributed by atoms with Crippen molar-refractivity contribution in [2.75, 3.05) is 13.7 Å². The monoisotopic (exact) mass is 326 g/mol. The molecule has 0 radical (unpaired) electrons. The van der Waals surface area contributed by atoms with Crippen molar-refractivity contribution in [2.24, 2.45) is 5.10 Å². The zero-order chi connectivity index (χ0) is 17.4. The molecule has 0 saturated carbocycles. The summed E-state index contributed by atoms with van der Waals surface area (Å²) in [6.45, 7) is 1.79. The molecule has 0 aliphatic heterocycles. The summed E-state index contributed by atoms with van der Waals surface area (Å²) < 4.78 is 9.79. The van der Waals surface area contributed by atoms with Gasteiger partial charge >= 0.3 is 5.97 Å². The lowest BCUT2D eigenvalue weighted by molar-refractivity contribution is -0.142. The Bertz CT molecular complexity index is 739. The molecule has 0 aliphatic carbocycles. The molecule has 2 aromatic carbocycles. The van der Waals surface area contributed by atoms with Gasteiger partial charge in [-0.2, -0.15) is 5.10 Å². The van der Waals surface area contributed by atoms with Crippen LogP contribution in [0.3, 0.4) is 0 Å². The lowest BCUT2D eigenvalue weighted by Crippen LogP contribution is -2.17. The number of carbonyl (C=O) groups excluding carboxylic acids is 2. The number of amides is 1. The minimum atomic E-state index is -0.459. The van der Waals surface area contributed by atoms with E-state index in [1.165, 1.54) is 13.3 Å². The van der Waals surface area contributed by atoms with Gasteiger partial charge in [-0.1, -0.05) is 29.8 Å². The van der Waals surface area contributed by atoms with E-state index in [0.29, 0.717) is 11.3 Å². The van der Waals surface area contributed by atoms with Crippen LogP contribution in [-0.4, -0.2) is 31.8 Å². The van der Waals surface area contributed by atoms with Gasteiger partial charge < -0.3 is 9.47 Å². The molecule has 0 aromatic heterocycles. The molecule has 0 atom stereocenters. The van der Waals surface area contributed by atoms with Crippen molar-refractivity contribution in [3.8, 4) is 5.75 Å². The summed E-state index contributed by atoms with van der Waals surface area (Å²) in [5.41, 5.74) is 4.80. The molecule has 0 bridgehead atoms. The van der Waals surface area contributed by atoms with Crippen LogP contribution in [0.15, 0.2) is 53.6 Å². The molecule has 6 heteroatoms. The molecule has 0 unspecified atom stereocenters. The second-order valence-corrected chi connectivity index (χ2v) is 5.00. The van der Waals surface area contributed by atoms with E-state index in [9.17, 15) is 9.59 Å². The highest BCUT2D eigenvalue weighted by Crippen LogP contribution is 2.12. The smallest absolute Gasteiger partial charge is 0.343 e. The standard InChI is InChI=1S/C18H18N2O4/c1-13-6-8-15(9-7-13)18(22)20-19-11-14-4-3-5-16(10-14)24-12-17(21)23-2/h3-11H,12H2,1-2H3,(H,20,22)/b19-11-. The van der Waals surface area contributed by atoms with Crippen LogP contribution in [0.5, 0.6) is 5.75 Å². The average Bonchev–Trinajstić information content (AvgIpc) is 2.60. The highest BCUT2D eigenvalue weighted by atomic mass is 16.6. The van der Waals surface area contributed by atoms with Crippen LogP contribution in [0.25, 0.3) is 0 Å². The Kier molecular flexibility index (Phi) is 6.08. The number of rotatable bonds is 6. The molecule has 0 heterocycles. The quantitative estimate of drug-likeness (QED) is 0.502. The van der Waals surface area contributed by atoms with E-state index in [4.69, 9.17) is 4.74 Å². The van der Waals surface area contributed by atoms with E-state index in [-0.39, 0.29) is 12.5 Å². The fourth-order valence-corrected chi connectivity index (χ4v) is 1.82. The minimum Gasteiger partial charge on any atom is -0.482 e. The van der Waals surface area contributed by atoms with Gasteiger partial charge in [-0.25, -0.2) is 10.2 Å². The van der Waals surface area contributed by atoms with E-state index in [0.717, 1.165) is 11.1 Å². The number of esters is 1. The molecule has 1 N–H and O–H groups in total. The van der Waals surface area contributed by atoms with Crippen LogP contribution in [0.1, 0.15) is 21.5 Å². The topological polar surface area (TPSA) is 77.0 Å². The van der Waals surface area contributed by atoms with Crippen molar-refractivity contribution in [1.82, 2.24) is 5.43 Å². The third-order valence-electron chi connectivity index (χ3n) is 3.14. The molecule has 0 fully saturated rings. The Hall–Kier alpha value is -3.15. The van der Waals surface area contributed by atoms with Gasteiger partial charge in [0.15, 0.2) is 6.61 Å². The molecule has 2 aromatic rings. The highest BCUT2D eigenvalue weighted by molar-refractivity contribution is 5.94. The SMILES string of the molecule is COC(=O)COc1cccc(/C=N\NC(=O)c2ccc(C)cc2)c1. The maximum absolute atomic E-state index is 11.9. The van der Waals surface area contributed by atoms with Gasteiger partial charge in [0, 0.05) is 5.56 Å². The van der Waals surface area contributed by atoms with E-state index >= 15 is 0 Å². The Morgan fingerprint density at radius 1 is 1.17 bits per heavy atom. The summed E-state index contributed by atoms with van der Waals surface area (Å²) in [7, 11) is 1.30. The second kappa shape index (κ2) is 8.47. The van der Waals surface area contributed by atoms with Gasteiger partial charge in [-0.15, -0.1) is 0 Å². The first kappa shape index (κ1) is 17.2. The van der Waals surface area contributed by atoms with Crippen molar-refractivity contribution < 1.29 is 19.1 Å². The number of carbonyl (C=O) groups is 2. The first-order valence-corrected chi connectivity index (χ1v) is 7.28. The van der Waals surface area contributed by atoms with E-state index in [1.54, 1.807) is 36.4 Å². The molecule has 0 aliphatic rings. The lowest BCUT2D eigenvalue weighted by Gasteiger charge is -2.05. The van der Waals surface area contributed by atoms with E-state index in [2.05, 4.69) is 15.3 Å². The maximum atomic E-state index is 11.9. The third-order valence-corrected chi connectivity index (χ3v) is 3.14. The number of ether oxygens (including phenoxy) is 2. The van der Waals surface area contributed by atoms with Crippen LogP contribution in [0, 0.1) is 6.92 Å². The fourth-order valence-electron chi connectivity index (χ4n) is 1.82. The van der Waals surface area contributed by atoms with Crippen molar-refractivity contribution in [3.05, 3.63) is 65.2 Å². The minimum absolute atomic E-state index is 0.165. The fraction of sp³-hybridized carbons (Fsp3) is 0.167. The van der Waals surface area contributed by atoms with Gasteiger partial charge in [0.25, 0.3) is 5.91 Å². The Labute approximate surface area is 140 Å². The zero-order valence-electron chi connectivity index (χ0n) is 13.5. The molecule has 0 spiro atoms. The molecule has 6 nitrogen and oxygen atoms in total. The van der Waals surface area contributed by atoms with E-state index < -0.39 is 5.97 Å². The van der Waals surface area contributed by atoms with Crippen LogP contribution in [-0.2, 0) is 9.53 Å². The molecule has 124 valence electrons. The summed E-state index contributed by atoms with van der Waals surface area (Å²) in [4.78, 5) is 23.0. The molecule has 1 amide bonds. The van der Waals surface area contributed by atoms with Crippen LogP contribution >= 0.6 is 0 Å². The molecular weight excluding hydrogens is 308 g/mol. The number of nitrogens with zero attached hydrogens (tertiary/aromatic N) is 1. The maximum Gasteiger partial charge on any atom is 0.343 e. The number of methoxy groups -OCH3 is 1. The largest absolute Gasteiger partial charge is 0.482 e. The summed E-state index contributed by atoms with van der Waals surface area (Å²) in [5.74, 6) is -0.238. The molecule has 2 rings (SSSR count). The normalized spacial score (nSPS) is 10.4. The van der Waals surface area contributed by atoms with E-state index in [1.807, 2.05) is 19.1 Å². The first-order chi connectivity index (χ1) is 11.6. The Morgan fingerprint density at radius 2 is 1.92 bits per heavy atom. The average molecular weight is 326 g/mol. The first-order valence-electron chi connectivity index (χ1n) is 7.28. The number of hydrogen-bond donors (Lipinski definition) is 1. The lowest BCUT2D eigenvalue weighted by atomic mass is 10.1. The van der Waals surface area contributed by atoms with Crippen molar-refractivity contribution in [1.29, 1.82) is 0 Å². The van der Waals surface area contributed by atoms with Crippen LogP contribution in [0.4, 0.5) is 0 Å². The summed E-state index contributed by atoms with van der Waals surface area (Å²) in [5, 5.41) is 3.92. The predicted molar refractivity (Wildman–Crippen MR) is 90.2 cm³/mol. The summed E-state index contributed by atoms with van der Waals surface area (Å²) in [6.07, 6.45) is 1.50. The van der Waals surface area contributed by atoms with Crippen LogP contribution < -0.4 is 10.2 Å². The van der Waals surface area contributed by atoms with Crippen molar-refractivity contribution in [3.63, 3.8) is 0 Å². The van der Waals surface area contributed by atoms with Gasteiger partial charge in [0.1, 0.15) is 5.75 Å². The predicted octanol–water partition coefficient (Wildman–Crippen LogP) is 2.31. The number of benzene rings is 2. The van der Waals surface area contributed by atoms with Crippen molar-refractivity contribution >= 4 is 18.1 Å². The van der Waals surface area contributed by atoms with Gasteiger partial charge in [-0.05, 0) is 36.8 Å². The third kappa shape index (κ3) is 5.24.